The Bertz CT molecular complexity index is 441. The molecule has 1 nitrogen and oxygen atoms in total. The molecule has 0 aliphatic heterocycles. The van der Waals surface area contributed by atoms with Crippen molar-refractivity contribution < 1.29 is 0 Å². The van der Waals surface area contributed by atoms with E-state index in [0.29, 0.717) is 5.92 Å². The molecule has 2 aliphatic carbocycles. The monoisotopic (exact) mass is 301 g/mol. The summed E-state index contributed by atoms with van der Waals surface area (Å²) in [6, 6.07) is 0. The summed E-state index contributed by atoms with van der Waals surface area (Å²) in [5.41, 5.74) is 10.7. The van der Waals surface area contributed by atoms with E-state index >= 15 is 0 Å². The molecule has 3 atom stereocenters. The number of hydrogen-bond donors (Lipinski definition) is 1. The van der Waals surface area contributed by atoms with Crippen LogP contribution in [0.15, 0.2) is 34.9 Å². The lowest BCUT2D eigenvalue weighted by atomic mass is 9.80. The van der Waals surface area contributed by atoms with Gasteiger partial charge in [0.25, 0.3) is 0 Å². The van der Waals surface area contributed by atoms with E-state index in [1.165, 1.54) is 56.9 Å². The van der Waals surface area contributed by atoms with Crippen LogP contribution < -0.4 is 5.73 Å². The van der Waals surface area contributed by atoms with E-state index in [-0.39, 0.29) is 0 Å². The minimum Gasteiger partial charge on any atom is -0.330 e. The van der Waals surface area contributed by atoms with Crippen LogP contribution in [-0.4, -0.2) is 6.54 Å². The van der Waals surface area contributed by atoms with E-state index in [4.69, 9.17) is 5.73 Å². The summed E-state index contributed by atoms with van der Waals surface area (Å²) < 4.78 is 0. The lowest BCUT2D eigenvalue weighted by Crippen LogP contribution is -2.15. The highest BCUT2D eigenvalue weighted by molar-refractivity contribution is 5.39. The molecule has 2 rings (SSSR count). The van der Waals surface area contributed by atoms with E-state index in [2.05, 4.69) is 39.0 Å². The standard InChI is InChI=1S/C21H35N/c1-4-10-20-18(11-8-6-7-9-14-22)16(3)19-13-12-17(5-2)15-21(19)20/h12-13,15-16,19,21H,4-11,14,22H2,1-3H3. The van der Waals surface area contributed by atoms with Gasteiger partial charge in [0.05, 0.1) is 0 Å². The first-order valence-corrected chi connectivity index (χ1v) is 9.53. The Morgan fingerprint density at radius 3 is 2.45 bits per heavy atom. The second-order valence-corrected chi connectivity index (χ2v) is 7.10. The van der Waals surface area contributed by atoms with Gasteiger partial charge in [-0.15, -0.1) is 0 Å². The predicted molar refractivity (Wildman–Crippen MR) is 97.7 cm³/mol. The summed E-state index contributed by atoms with van der Waals surface area (Å²) in [7, 11) is 0. The number of rotatable bonds is 9. The van der Waals surface area contributed by atoms with Crippen molar-refractivity contribution in [3.63, 3.8) is 0 Å². The van der Waals surface area contributed by atoms with Gasteiger partial charge >= 0.3 is 0 Å². The average Bonchev–Trinajstić information content (AvgIpc) is 2.80. The zero-order chi connectivity index (χ0) is 15.9. The fourth-order valence-corrected chi connectivity index (χ4v) is 4.33. The Hall–Kier alpha value is -0.820. The van der Waals surface area contributed by atoms with Gasteiger partial charge in [-0.3, -0.25) is 0 Å². The molecule has 0 bridgehead atoms. The number of allylic oxidation sites excluding steroid dienone is 6. The Morgan fingerprint density at radius 2 is 1.77 bits per heavy atom. The van der Waals surface area contributed by atoms with Gasteiger partial charge in [-0.25, -0.2) is 0 Å². The third kappa shape index (κ3) is 3.93. The third-order valence-electron chi connectivity index (χ3n) is 5.61. The third-order valence-corrected chi connectivity index (χ3v) is 5.61. The molecule has 1 heteroatoms. The van der Waals surface area contributed by atoms with Crippen LogP contribution >= 0.6 is 0 Å². The molecule has 0 saturated carbocycles. The second-order valence-electron chi connectivity index (χ2n) is 7.10. The van der Waals surface area contributed by atoms with Crippen molar-refractivity contribution in [2.75, 3.05) is 6.54 Å². The molecular formula is C21H35N. The molecule has 2 aliphatic rings. The summed E-state index contributed by atoms with van der Waals surface area (Å²) in [5.74, 6) is 2.18. The quantitative estimate of drug-likeness (QED) is 0.424. The highest BCUT2D eigenvalue weighted by Crippen LogP contribution is 2.49. The smallest absolute Gasteiger partial charge is 0.00539 e. The van der Waals surface area contributed by atoms with Gasteiger partial charge in [0.2, 0.25) is 0 Å². The Balaban J connectivity index is 2.07. The van der Waals surface area contributed by atoms with Crippen LogP contribution in [0.1, 0.15) is 72.1 Å². The van der Waals surface area contributed by atoms with Crippen LogP contribution in [0, 0.1) is 17.8 Å². The topological polar surface area (TPSA) is 26.0 Å². The molecule has 0 aromatic rings. The maximum absolute atomic E-state index is 5.60. The molecular weight excluding hydrogens is 266 g/mol. The molecule has 2 N–H and O–H groups in total. The first-order valence-electron chi connectivity index (χ1n) is 9.53. The summed E-state index contributed by atoms with van der Waals surface area (Å²) in [5, 5.41) is 0. The van der Waals surface area contributed by atoms with E-state index in [0.717, 1.165) is 18.4 Å². The largest absolute Gasteiger partial charge is 0.330 e. The number of fused-ring (bicyclic) bond motifs is 1. The lowest BCUT2D eigenvalue weighted by molar-refractivity contribution is 0.448. The highest BCUT2D eigenvalue weighted by Gasteiger charge is 2.37. The Kier molecular flexibility index (Phi) is 6.95. The van der Waals surface area contributed by atoms with Crippen molar-refractivity contribution in [1.82, 2.24) is 0 Å². The van der Waals surface area contributed by atoms with Gasteiger partial charge in [0.15, 0.2) is 0 Å². The summed E-state index contributed by atoms with van der Waals surface area (Å²) >= 11 is 0. The zero-order valence-electron chi connectivity index (χ0n) is 14.9. The molecule has 0 amide bonds. The lowest BCUT2D eigenvalue weighted by Gasteiger charge is -2.24. The highest BCUT2D eigenvalue weighted by atomic mass is 14.5. The Morgan fingerprint density at radius 1 is 1.00 bits per heavy atom. The average molecular weight is 302 g/mol. The molecule has 0 spiro atoms. The number of unbranched alkanes of at least 4 members (excludes halogenated alkanes) is 3. The van der Waals surface area contributed by atoms with E-state index in [1.54, 1.807) is 11.1 Å². The molecule has 22 heavy (non-hydrogen) atoms. The van der Waals surface area contributed by atoms with E-state index in [9.17, 15) is 0 Å². The van der Waals surface area contributed by atoms with Crippen LogP contribution in [0.25, 0.3) is 0 Å². The molecule has 124 valence electrons. The fourth-order valence-electron chi connectivity index (χ4n) is 4.33. The van der Waals surface area contributed by atoms with Crippen molar-refractivity contribution >= 4 is 0 Å². The van der Waals surface area contributed by atoms with E-state index < -0.39 is 0 Å². The molecule has 0 fully saturated rings. The van der Waals surface area contributed by atoms with Crippen LogP contribution in [0.2, 0.25) is 0 Å². The number of hydrogen-bond acceptors (Lipinski definition) is 1. The van der Waals surface area contributed by atoms with Crippen LogP contribution in [0.4, 0.5) is 0 Å². The maximum Gasteiger partial charge on any atom is 0.00539 e. The van der Waals surface area contributed by atoms with Gasteiger partial charge in [-0.1, -0.05) is 75.0 Å². The molecule has 0 heterocycles. The summed E-state index contributed by atoms with van der Waals surface area (Å²) in [4.78, 5) is 0. The minimum atomic E-state index is 0.703. The summed E-state index contributed by atoms with van der Waals surface area (Å²) in [6.45, 7) is 7.91. The SMILES string of the molecule is CCCC1=C(CCCCCCN)C(C)C2C=CC(CC)=CC12. The first-order chi connectivity index (χ1) is 10.7. The second kappa shape index (κ2) is 8.72. The molecule has 3 unspecified atom stereocenters. The maximum atomic E-state index is 5.60. The van der Waals surface area contributed by atoms with Crippen molar-refractivity contribution in [3.05, 3.63) is 34.9 Å². The first kappa shape index (κ1) is 17.5. The van der Waals surface area contributed by atoms with Crippen LogP contribution in [0.3, 0.4) is 0 Å². The van der Waals surface area contributed by atoms with E-state index in [1.807, 2.05) is 0 Å². The van der Waals surface area contributed by atoms with Crippen molar-refractivity contribution in [2.45, 2.75) is 72.1 Å². The van der Waals surface area contributed by atoms with Gasteiger partial charge in [-0.2, -0.15) is 0 Å². The Labute approximate surface area is 137 Å². The number of nitrogens with two attached hydrogens (primary N) is 1. The van der Waals surface area contributed by atoms with Gasteiger partial charge in [-0.05, 0) is 50.5 Å². The zero-order valence-corrected chi connectivity index (χ0v) is 14.9. The fraction of sp³-hybridized carbons (Fsp3) is 0.714. The molecule has 0 saturated heterocycles. The van der Waals surface area contributed by atoms with Crippen molar-refractivity contribution in [2.24, 2.45) is 23.5 Å². The van der Waals surface area contributed by atoms with Gasteiger partial charge in [0.1, 0.15) is 0 Å². The molecule has 0 aromatic carbocycles. The van der Waals surface area contributed by atoms with Crippen molar-refractivity contribution in [1.29, 1.82) is 0 Å². The van der Waals surface area contributed by atoms with Crippen LogP contribution in [0.5, 0.6) is 0 Å². The van der Waals surface area contributed by atoms with Crippen LogP contribution in [-0.2, 0) is 0 Å². The van der Waals surface area contributed by atoms with Gasteiger partial charge < -0.3 is 5.73 Å². The normalized spacial score (nSPS) is 27.3. The molecule has 0 aromatic heterocycles. The summed E-state index contributed by atoms with van der Waals surface area (Å²) in [6.07, 6.45) is 17.7. The molecule has 0 radical (unpaired) electrons. The predicted octanol–water partition coefficient (Wildman–Crippen LogP) is 5.78. The van der Waals surface area contributed by atoms with Crippen molar-refractivity contribution in [3.8, 4) is 0 Å². The minimum absolute atomic E-state index is 0.703. The van der Waals surface area contributed by atoms with Gasteiger partial charge in [0, 0.05) is 5.92 Å².